The zero-order valence-electron chi connectivity index (χ0n) is 9.74. The summed E-state index contributed by atoms with van der Waals surface area (Å²) in [6.45, 7) is 0.433. The molecular weight excluding hydrogens is 267 g/mol. The topological polar surface area (TPSA) is 52.0 Å². The van der Waals surface area contributed by atoms with Crippen molar-refractivity contribution in [1.82, 2.24) is 0 Å². The Hall–Kier alpha value is -1.06. The summed E-state index contributed by atoms with van der Waals surface area (Å²) >= 11 is 12.0. The highest BCUT2D eigenvalue weighted by Crippen LogP contribution is 2.27. The van der Waals surface area contributed by atoms with Gasteiger partial charge in [-0.25, -0.2) is 0 Å². The summed E-state index contributed by atoms with van der Waals surface area (Å²) in [6.07, 6.45) is 0. The van der Waals surface area contributed by atoms with E-state index in [1.54, 1.807) is 6.07 Å². The molecule has 2 rings (SSSR count). The molecule has 0 spiro atoms. The smallest absolute Gasteiger partial charge is 0.0426 e. The van der Waals surface area contributed by atoms with Gasteiger partial charge in [0.05, 0.1) is 0 Å². The van der Waals surface area contributed by atoms with Gasteiger partial charge in [0, 0.05) is 22.6 Å². The number of halogens is 2. The van der Waals surface area contributed by atoms with Gasteiger partial charge < -0.3 is 11.5 Å². The second kappa shape index (κ2) is 5.72. The molecule has 0 aliphatic heterocycles. The molecule has 0 aliphatic carbocycles. The van der Waals surface area contributed by atoms with E-state index in [1.165, 1.54) is 0 Å². The highest BCUT2D eigenvalue weighted by molar-refractivity contribution is 6.35. The third-order valence-electron chi connectivity index (χ3n) is 2.79. The Morgan fingerprint density at radius 1 is 0.889 bits per heavy atom. The first-order valence-electron chi connectivity index (χ1n) is 5.62. The van der Waals surface area contributed by atoms with Gasteiger partial charge in [-0.3, -0.25) is 0 Å². The molecule has 1 unspecified atom stereocenters. The van der Waals surface area contributed by atoms with Crippen LogP contribution in [0.15, 0.2) is 42.5 Å². The van der Waals surface area contributed by atoms with Crippen molar-refractivity contribution in [3.05, 3.63) is 58.1 Å². The minimum Gasteiger partial charge on any atom is -0.329 e. The van der Waals surface area contributed by atoms with E-state index < -0.39 is 0 Å². The normalized spacial score (nSPS) is 12.4. The minimum absolute atomic E-state index is 0.123. The summed E-state index contributed by atoms with van der Waals surface area (Å²) in [6, 6.07) is 13.3. The zero-order chi connectivity index (χ0) is 13.1. The van der Waals surface area contributed by atoms with Gasteiger partial charge in [0.1, 0.15) is 0 Å². The van der Waals surface area contributed by atoms with Gasteiger partial charge >= 0.3 is 0 Å². The highest BCUT2D eigenvalue weighted by atomic mass is 35.5. The lowest BCUT2D eigenvalue weighted by molar-refractivity contribution is 0.737. The first-order valence-corrected chi connectivity index (χ1v) is 6.38. The molecule has 0 bridgehead atoms. The van der Waals surface area contributed by atoms with E-state index in [4.69, 9.17) is 34.7 Å². The van der Waals surface area contributed by atoms with Crippen LogP contribution >= 0.6 is 23.2 Å². The number of benzene rings is 2. The molecule has 2 nitrogen and oxygen atoms in total. The molecule has 0 aromatic heterocycles. The van der Waals surface area contributed by atoms with Gasteiger partial charge in [0.2, 0.25) is 0 Å². The fourth-order valence-electron chi connectivity index (χ4n) is 1.78. The molecule has 0 heterocycles. The first kappa shape index (κ1) is 13.4. The van der Waals surface area contributed by atoms with Gasteiger partial charge in [-0.1, -0.05) is 47.5 Å². The predicted molar refractivity (Wildman–Crippen MR) is 77.9 cm³/mol. The Balaban J connectivity index is 2.34. The van der Waals surface area contributed by atoms with Gasteiger partial charge in [-0.2, -0.15) is 0 Å². The average Bonchev–Trinajstić information content (AvgIpc) is 2.37. The molecule has 4 heteroatoms. The van der Waals surface area contributed by atoms with Crippen LogP contribution in [-0.4, -0.2) is 6.54 Å². The fourth-order valence-corrected chi connectivity index (χ4v) is 2.31. The Bertz CT molecular complexity index is 518. The molecule has 0 amide bonds. The second-order valence-corrected chi connectivity index (χ2v) is 5.00. The maximum Gasteiger partial charge on any atom is 0.0426 e. The Morgan fingerprint density at radius 2 is 1.44 bits per heavy atom. The summed E-state index contributed by atoms with van der Waals surface area (Å²) in [5.41, 5.74) is 14.5. The predicted octanol–water partition coefficient (Wildman–Crippen LogP) is 3.62. The Kier molecular flexibility index (Phi) is 4.25. The lowest BCUT2D eigenvalue weighted by Gasteiger charge is -2.10. The van der Waals surface area contributed by atoms with E-state index in [9.17, 15) is 0 Å². The molecule has 2 aromatic rings. The van der Waals surface area contributed by atoms with Crippen molar-refractivity contribution in [2.75, 3.05) is 6.54 Å². The van der Waals surface area contributed by atoms with Gasteiger partial charge in [-0.05, 0) is 34.9 Å². The summed E-state index contributed by atoms with van der Waals surface area (Å²) < 4.78 is 0. The molecule has 0 radical (unpaired) electrons. The molecule has 0 fully saturated rings. The van der Waals surface area contributed by atoms with Crippen LogP contribution in [0.25, 0.3) is 11.1 Å². The second-order valence-electron chi connectivity index (χ2n) is 4.12. The number of rotatable bonds is 3. The highest BCUT2D eigenvalue weighted by Gasteiger charge is 2.05. The zero-order valence-corrected chi connectivity index (χ0v) is 11.2. The lowest BCUT2D eigenvalue weighted by Crippen LogP contribution is -2.20. The quantitative estimate of drug-likeness (QED) is 0.902. The molecule has 94 valence electrons. The van der Waals surface area contributed by atoms with Crippen molar-refractivity contribution in [2.24, 2.45) is 11.5 Å². The average molecular weight is 281 g/mol. The summed E-state index contributed by atoms with van der Waals surface area (Å²) in [5, 5.41) is 1.25. The van der Waals surface area contributed by atoms with Crippen LogP contribution in [0.4, 0.5) is 0 Å². The first-order chi connectivity index (χ1) is 8.60. The van der Waals surface area contributed by atoms with Crippen molar-refractivity contribution in [3.8, 4) is 11.1 Å². The SMILES string of the molecule is NCC(N)c1ccc(-c2cc(Cl)cc(Cl)c2)cc1. The largest absolute Gasteiger partial charge is 0.329 e. The summed E-state index contributed by atoms with van der Waals surface area (Å²) in [4.78, 5) is 0. The standard InChI is InChI=1S/C14H14Cl2N2/c15-12-5-11(6-13(16)7-12)9-1-3-10(4-2-9)14(18)8-17/h1-7,14H,8,17-18H2. The van der Waals surface area contributed by atoms with Crippen LogP contribution in [0.2, 0.25) is 10.0 Å². The maximum atomic E-state index is 5.98. The molecule has 0 aliphatic rings. The molecule has 2 aromatic carbocycles. The third-order valence-corrected chi connectivity index (χ3v) is 3.23. The minimum atomic E-state index is -0.123. The number of hydrogen-bond donors (Lipinski definition) is 2. The van der Waals surface area contributed by atoms with Crippen molar-refractivity contribution in [3.63, 3.8) is 0 Å². The van der Waals surface area contributed by atoms with Gasteiger partial charge in [0.25, 0.3) is 0 Å². The van der Waals surface area contributed by atoms with Gasteiger partial charge in [0.15, 0.2) is 0 Å². The van der Waals surface area contributed by atoms with Crippen LogP contribution in [-0.2, 0) is 0 Å². The molecule has 4 N–H and O–H groups in total. The van der Waals surface area contributed by atoms with Crippen molar-refractivity contribution >= 4 is 23.2 Å². The third kappa shape index (κ3) is 3.03. The van der Waals surface area contributed by atoms with E-state index in [1.807, 2.05) is 36.4 Å². The van der Waals surface area contributed by atoms with E-state index >= 15 is 0 Å². The number of nitrogens with two attached hydrogens (primary N) is 2. The van der Waals surface area contributed by atoms with Crippen molar-refractivity contribution in [2.45, 2.75) is 6.04 Å². The monoisotopic (exact) mass is 280 g/mol. The van der Waals surface area contributed by atoms with Crippen LogP contribution in [0.3, 0.4) is 0 Å². The fraction of sp³-hybridized carbons (Fsp3) is 0.143. The molecule has 18 heavy (non-hydrogen) atoms. The maximum absolute atomic E-state index is 5.98. The molecular formula is C14H14Cl2N2. The molecule has 0 saturated carbocycles. The summed E-state index contributed by atoms with van der Waals surface area (Å²) in [7, 11) is 0. The Labute approximate surface area is 117 Å². The van der Waals surface area contributed by atoms with Crippen molar-refractivity contribution < 1.29 is 0 Å². The van der Waals surface area contributed by atoms with E-state index in [0.29, 0.717) is 16.6 Å². The molecule has 0 saturated heterocycles. The Morgan fingerprint density at radius 3 is 1.94 bits per heavy atom. The lowest BCUT2D eigenvalue weighted by atomic mass is 10.0. The number of hydrogen-bond acceptors (Lipinski definition) is 2. The molecule has 1 atom stereocenters. The van der Waals surface area contributed by atoms with Crippen LogP contribution < -0.4 is 11.5 Å². The summed E-state index contributed by atoms with van der Waals surface area (Å²) in [5.74, 6) is 0. The van der Waals surface area contributed by atoms with E-state index in [2.05, 4.69) is 0 Å². The van der Waals surface area contributed by atoms with Crippen LogP contribution in [0, 0.1) is 0 Å². The van der Waals surface area contributed by atoms with Crippen molar-refractivity contribution in [1.29, 1.82) is 0 Å². The van der Waals surface area contributed by atoms with Gasteiger partial charge in [-0.15, -0.1) is 0 Å². The van der Waals surface area contributed by atoms with Crippen LogP contribution in [0.5, 0.6) is 0 Å². The van der Waals surface area contributed by atoms with E-state index in [-0.39, 0.29) is 6.04 Å². The van der Waals surface area contributed by atoms with Crippen LogP contribution in [0.1, 0.15) is 11.6 Å². The van der Waals surface area contributed by atoms with E-state index in [0.717, 1.165) is 16.7 Å².